The molecule has 1 aromatic carbocycles. The lowest BCUT2D eigenvalue weighted by molar-refractivity contribution is -0.384. The Morgan fingerprint density at radius 3 is 2.65 bits per heavy atom. The van der Waals surface area contributed by atoms with Crippen molar-refractivity contribution in [1.29, 1.82) is 0 Å². The molecular weight excluding hydrogens is 248 g/mol. The second-order valence-corrected chi connectivity index (χ2v) is 3.81. The van der Waals surface area contributed by atoms with Crippen molar-refractivity contribution in [2.45, 2.75) is 0 Å². The molecule has 0 saturated heterocycles. The molecule has 0 aromatic heterocycles. The summed E-state index contributed by atoms with van der Waals surface area (Å²) in [5.41, 5.74) is 0.234. The maximum atomic E-state index is 11.6. The Hall–Kier alpha value is -1.95. The number of ketones is 1. The fourth-order valence-electron chi connectivity index (χ4n) is 1.71. The second kappa shape index (κ2) is 4.14. The summed E-state index contributed by atoms with van der Waals surface area (Å²) in [5, 5.41) is 10.6. The van der Waals surface area contributed by atoms with E-state index in [4.69, 9.17) is 11.6 Å². The second-order valence-electron chi connectivity index (χ2n) is 3.43. The van der Waals surface area contributed by atoms with Gasteiger partial charge in [-0.3, -0.25) is 19.7 Å². The average molecular weight is 255 g/mol. The number of non-ortho nitro benzene ring substituents is 1. The SMILES string of the molecule is O=C1C(=O)N(CCCl)c2ccc([N+](=O)[O-])cc21. The van der Waals surface area contributed by atoms with Crippen molar-refractivity contribution in [2.75, 3.05) is 17.3 Å². The zero-order chi connectivity index (χ0) is 12.6. The number of benzene rings is 1. The minimum Gasteiger partial charge on any atom is -0.304 e. The summed E-state index contributed by atoms with van der Waals surface area (Å²) in [7, 11) is 0. The molecule has 0 atom stereocenters. The predicted octanol–water partition coefficient (Wildman–Crippen LogP) is 1.36. The highest BCUT2D eigenvalue weighted by atomic mass is 35.5. The van der Waals surface area contributed by atoms with Crippen LogP contribution in [0.15, 0.2) is 18.2 Å². The standard InChI is InChI=1S/C10H7ClN2O4/c11-3-4-12-8-2-1-6(13(16)17)5-7(8)9(14)10(12)15/h1-2,5H,3-4H2. The summed E-state index contributed by atoms with van der Waals surface area (Å²) in [5.74, 6) is -1.23. The molecule has 0 bridgehead atoms. The van der Waals surface area contributed by atoms with Gasteiger partial charge >= 0.3 is 0 Å². The minimum atomic E-state index is -0.728. The highest BCUT2D eigenvalue weighted by Gasteiger charge is 2.36. The van der Waals surface area contributed by atoms with Gasteiger partial charge in [0, 0.05) is 24.6 Å². The molecule has 7 heteroatoms. The van der Waals surface area contributed by atoms with Crippen molar-refractivity contribution in [3.63, 3.8) is 0 Å². The number of alkyl halides is 1. The van der Waals surface area contributed by atoms with Crippen LogP contribution < -0.4 is 4.90 Å². The average Bonchev–Trinajstić information content (AvgIpc) is 2.54. The quantitative estimate of drug-likeness (QED) is 0.353. The van der Waals surface area contributed by atoms with Gasteiger partial charge < -0.3 is 4.90 Å². The van der Waals surface area contributed by atoms with Crippen molar-refractivity contribution in [2.24, 2.45) is 0 Å². The van der Waals surface area contributed by atoms with Crippen LogP contribution in [0.25, 0.3) is 0 Å². The van der Waals surface area contributed by atoms with Crippen LogP contribution in [0.4, 0.5) is 11.4 Å². The number of hydrogen-bond acceptors (Lipinski definition) is 4. The predicted molar refractivity (Wildman–Crippen MR) is 60.5 cm³/mol. The van der Waals surface area contributed by atoms with Crippen LogP contribution in [-0.4, -0.2) is 29.0 Å². The monoisotopic (exact) mass is 254 g/mol. The first-order valence-electron chi connectivity index (χ1n) is 4.77. The molecule has 0 radical (unpaired) electrons. The van der Waals surface area contributed by atoms with E-state index in [0.29, 0.717) is 5.69 Å². The van der Waals surface area contributed by atoms with Crippen molar-refractivity contribution in [1.82, 2.24) is 0 Å². The van der Waals surface area contributed by atoms with Gasteiger partial charge in [-0.05, 0) is 6.07 Å². The van der Waals surface area contributed by atoms with E-state index in [1.54, 1.807) is 0 Å². The number of fused-ring (bicyclic) bond motifs is 1. The van der Waals surface area contributed by atoms with E-state index in [9.17, 15) is 19.7 Å². The molecule has 0 spiro atoms. The number of amides is 1. The Morgan fingerprint density at radius 1 is 1.35 bits per heavy atom. The first kappa shape index (κ1) is 11.5. The van der Waals surface area contributed by atoms with Gasteiger partial charge in [0.15, 0.2) is 0 Å². The molecular formula is C10H7ClN2O4. The molecule has 88 valence electrons. The summed E-state index contributed by atoms with van der Waals surface area (Å²) in [4.78, 5) is 34.4. The number of carbonyl (C=O) groups excluding carboxylic acids is 2. The Morgan fingerprint density at radius 2 is 2.06 bits per heavy atom. The lowest BCUT2D eigenvalue weighted by Crippen LogP contribution is -2.31. The lowest BCUT2D eigenvalue weighted by Gasteiger charge is -2.13. The van der Waals surface area contributed by atoms with Crippen LogP contribution in [-0.2, 0) is 4.79 Å². The number of hydrogen-bond donors (Lipinski definition) is 0. The van der Waals surface area contributed by atoms with E-state index in [-0.39, 0.29) is 23.7 Å². The minimum absolute atomic E-state index is 0.0642. The Balaban J connectivity index is 2.51. The molecule has 6 nitrogen and oxygen atoms in total. The smallest absolute Gasteiger partial charge is 0.299 e. The summed E-state index contributed by atoms with van der Waals surface area (Å²) in [6.07, 6.45) is 0. The molecule has 2 rings (SSSR count). The first-order valence-corrected chi connectivity index (χ1v) is 5.30. The van der Waals surface area contributed by atoms with E-state index in [1.807, 2.05) is 0 Å². The number of nitro groups is 1. The molecule has 1 aliphatic rings. The molecule has 0 saturated carbocycles. The van der Waals surface area contributed by atoms with Crippen LogP contribution >= 0.6 is 11.6 Å². The van der Waals surface area contributed by atoms with Crippen LogP contribution in [0.2, 0.25) is 0 Å². The molecule has 1 aliphatic heterocycles. The summed E-state index contributed by atoms with van der Waals surface area (Å²) in [6, 6.07) is 3.76. The van der Waals surface area contributed by atoms with E-state index in [1.165, 1.54) is 17.0 Å². The Kier molecular flexibility index (Phi) is 2.81. The molecule has 1 aromatic rings. The van der Waals surface area contributed by atoms with Crippen LogP contribution in [0.3, 0.4) is 0 Å². The number of carbonyl (C=O) groups is 2. The molecule has 1 amide bonds. The normalized spacial score (nSPS) is 14.1. The van der Waals surface area contributed by atoms with Gasteiger partial charge in [-0.25, -0.2) is 0 Å². The molecule has 0 unspecified atom stereocenters. The zero-order valence-electron chi connectivity index (χ0n) is 8.55. The largest absolute Gasteiger partial charge is 0.304 e. The van der Waals surface area contributed by atoms with Crippen LogP contribution in [0.5, 0.6) is 0 Å². The van der Waals surface area contributed by atoms with Gasteiger partial charge in [0.2, 0.25) is 0 Å². The molecule has 0 aliphatic carbocycles. The third-order valence-electron chi connectivity index (χ3n) is 2.47. The van der Waals surface area contributed by atoms with E-state index < -0.39 is 16.6 Å². The number of rotatable bonds is 3. The fourth-order valence-corrected chi connectivity index (χ4v) is 1.88. The molecule has 0 fully saturated rings. The summed E-state index contributed by atoms with van der Waals surface area (Å²) >= 11 is 5.53. The number of nitro benzene ring substituents is 1. The summed E-state index contributed by atoms with van der Waals surface area (Å²) < 4.78 is 0. The first-order chi connectivity index (χ1) is 8.06. The van der Waals surface area contributed by atoms with Gasteiger partial charge in [-0.15, -0.1) is 11.6 Å². The highest BCUT2D eigenvalue weighted by Crippen LogP contribution is 2.31. The zero-order valence-corrected chi connectivity index (χ0v) is 9.31. The molecule has 0 N–H and O–H groups in total. The van der Waals surface area contributed by atoms with Crippen LogP contribution in [0.1, 0.15) is 10.4 Å². The van der Waals surface area contributed by atoms with Crippen molar-refractivity contribution in [3.8, 4) is 0 Å². The maximum Gasteiger partial charge on any atom is 0.299 e. The third-order valence-corrected chi connectivity index (χ3v) is 2.64. The highest BCUT2D eigenvalue weighted by molar-refractivity contribution is 6.52. The summed E-state index contributed by atoms with van der Waals surface area (Å²) in [6.45, 7) is 0.205. The Labute approximate surface area is 101 Å². The maximum absolute atomic E-state index is 11.6. The van der Waals surface area contributed by atoms with Gasteiger partial charge in [-0.2, -0.15) is 0 Å². The van der Waals surface area contributed by atoms with Crippen molar-refractivity contribution >= 4 is 34.7 Å². The number of halogens is 1. The Bertz CT molecular complexity index is 529. The van der Waals surface area contributed by atoms with Crippen LogP contribution in [0, 0.1) is 10.1 Å². The van der Waals surface area contributed by atoms with E-state index in [0.717, 1.165) is 6.07 Å². The number of Topliss-reactive ketones (excluding diaryl/α,β-unsaturated/α-hetero) is 1. The van der Waals surface area contributed by atoms with Crippen molar-refractivity contribution < 1.29 is 14.5 Å². The van der Waals surface area contributed by atoms with Crippen molar-refractivity contribution in [3.05, 3.63) is 33.9 Å². The van der Waals surface area contributed by atoms with Gasteiger partial charge in [0.1, 0.15) is 0 Å². The van der Waals surface area contributed by atoms with Gasteiger partial charge in [0.25, 0.3) is 17.4 Å². The lowest BCUT2D eigenvalue weighted by atomic mass is 10.1. The number of anilines is 1. The molecule has 17 heavy (non-hydrogen) atoms. The molecule has 1 heterocycles. The van der Waals surface area contributed by atoms with Gasteiger partial charge in [0.05, 0.1) is 16.2 Å². The van der Waals surface area contributed by atoms with E-state index >= 15 is 0 Å². The number of nitrogens with zero attached hydrogens (tertiary/aromatic N) is 2. The van der Waals surface area contributed by atoms with E-state index in [2.05, 4.69) is 0 Å². The third kappa shape index (κ3) is 1.76. The fraction of sp³-hybridized carbons (Fsp3) is 0.200. The topological polar surface area (TPSA) is 80.5 Å². The van der Waals surface area contributed by atoms with Gasteiger partial charge in [-0.1, -0.05) is 0 Å².